The summed E-state index contributed by atoms with van der Waals surface area (Å²) in [6.45, 7) is 8.03. The largest absolute Gasteiger partial charge is 0.484 e. The average Bonchev–Trinajstić information content (AvgIpc) is 3.12. The van der Waals surface area contributed by atoms with Crippen molar-refractivity contribution >= 4 is 5.96 Å². The number of benzene rings is 1. The quantitative estimate of drug-likeness (QED) is 0.528. The lowest BCUT2D eigenvalue weighted by molar-refractivity contribution is -0.153. The van der Waals surface area contributed by atoms with Crippen LogP contribution in [0.25, 0.3) is 0 Å². The third kappa shape index (κ3) is 8.05. The number of nitrogens with one attached hydrogen (secondary N) is 2. The molecule has 0 fully saturated rings. The normalized spacial score (nSPS) is 12.7. The van der Waals surface area contributed by atoms with Crippen molar-refractivity contribution in [2.24, 2.45) is 4.99 Å². The number of nitrogens with zero attached hydrogens (tertiary/aromatic N) is 2. The highest BCUT2D eigenvalue weighted by atomic mass is 19.4. The Balaban J connectivity index is 1.97. The SMILES string of the molecule is CCNC(=NCc1cccc(OCC(F)(F)F)c1)NCc1ncc(C(C)(C)C)o1. The Kier molecular flexibility index (Phi) is 7.53. The van der Waals surface area contributed by atoms with Crippen LogP contribution >= 0.6 is 0 Å². The highest BCUT2D eigenvalue weighted by Gasteiger charge is 2.28. The second kappa shape index (κ2) is 9.67. The van der Waals surface area contributed by atoms with Gasteiger partial charge in [0, 0.05) is 12.0 Å². The van der Waals surface area contributed by atoms with Crippen molar-refractivity contribution < 1.29 is 22.3 Å². The Labute approximate surface area is 168 Å². The molecule has 2 rings (SSSR count). The number of hydrogen-bond donors (Lipinski definition) is 2. The van der Waals surface area contributed by atoms with Gasteiger partial charge in [-0.15, -0.1) is 0 Å². The van der Waals surface area contributed by atoms with Gasteiger partial charge in [0.1, 0.15) is 11.5 Å². The minimum Gasteiger partial charge on any atom is -0.484 e. The van der Waals surface area contributed by atoms with Crippen molar-refractivity contribution in [3.63, 3.8) is 0 Å². The van der Waals surface area contributed by atoms with E-state index in [4.69, 9.17) is 9.15 Å². The van der Waals surface area contributed by atoms with E-state index in [0.29, 0.717) is 24.9 Å². The standard InChI is InChI=1S/C20H27F3N4O2/c1-5-24-18(27-12-17-25-11-16(29-17)19(2,3)4)26-10-14-7-6-8-15(9-14)28-13-20(21,22)23/h6-9,11H,5,10,12-13H2,1-4H3,(H2,24,26,27). The highest BCUT2D eigenvalue weighted by Crippen LogP contribution is 2.22. The molecule has 29 heavy (non-hydrogen) atoms. The predicted octanol–water partition coefficient (Wildman–Crippen LogP) is 4.17. The summed E-state index contributed by atoms with van der Waals surface area (Å²) in [7, 11) is 0. The number of oxazole rings is 1. The first kappa shape index (κ1) is 22.6. The van der Waals surface area contributed by atoms with Crippen LogP contribution in [-0.4, -0.2) is 30.3 Å². The summed E-state index contributed by atoms with van der Waals surface area (Å²) in [5.41, 5.74) is 0.608. The molecule has 1 heterocycles. The number of ether oxygens (including phenoxy) is 1. The van der Waals surface area contributed by atoms with Gasteiger partial charge >= 0.3 is 6.18 Å². The van der Waals surface area contributed by atoms with E-state index < -0.39 is 12.8 Å². The summed E-state index contributed by atoms with van der Waals surface area (Å²) in [5.74, 6) is 2.04. The van der Waals surface area contributed by atoms with Crippen LogP contribution in [0, 0.1) is 0 Å². The lowest BCUT2D eigenvalue weighted by atomic mass is 9.94. The topological polar surface area (TPSA) is 71.7 Å². The summed E-state index contributed by atoms with van der Waals surface area (Å²) in [4.78, 5) is 8.72. The zero-order valence-corrected chi connectivity index (χ0v) is 17.1. The summed E-state index contributed by atoms with van der Waals surface area (Å²) in [6.07, 6.45) is -2.66. The molecule has 2 N–H and O–H groups in total. The number of halogens is 3. The number of aromatic nitrogens is 1. The highest BCUT2D eigenvalue weighted by molar-refractivity contribution is 5.79. The van der Waals surface area contributed by atoms with Gasteiger partial charge in [0.2, 0.25) is 5.89 Å². The van der Waals surface area contributed by atoms with E-state index in [-0.39, 0.29) is 17.7 Å². The van der Waals surface area contributed by atoms with Gasteiger partial charge in [-0.3, -0.25) is 0 Å². The predicted molar refractivity (Wildman–Crippen MR) is 105 cm³/mol. The summed E-state index contributed by atoms with van der Waals surface area (Å²) >= 11 is 0. The van der Waals surface area contributed by atoms with E-state index in [0.717, 1.165) is 11.3 Å². The third-order valence-electron chi connectivity index (χ3n) is 3.76. The number of hydrogen-bond acceptors (Lipinski definition) is 4. The molecule has 1 aromatic carbocycles. The molecular formula is C20H27F3N4O2. The first-order valence-corrected chi connectivity index (χ1v) is 9.32. The van der Waals surface area contributed by atoms with Gasteiger partial charge in [-0.1, -0.05) is 32.9 Å². The van der Waals surface area contributed by atoms with Crippen LogP contribution in [0.5, 0.6) is 5.75 Å². The van der Waals surface area contributed by atoms with Crippen molar-refractivity contribution in [3.05, 3.63) is 47.7 Å². The van der Waals surface area contributed by atoms with Gasteiger partial charge in [0.05, 0.1) is 19.3 Å². The molecule has 160 valence electrons. The van der Waals surface area contributed by atoms with Crippen LogP contribution in [0.15, 0.2) is 39.9 Å². The maximum atomic E-state index is 12.3. The molecular weight excluding hydrogens is 385 g/mol. The van der Waals surface area contributed by atoms with Gasteiger partial charge in [-0.2, -0.15) is 13.2 Å². The second-order valence-electron chi connectivity index (χ2n) is 7.47. The minimum absolute atomic E-state index is 0.122. The molecule has 6 nitrogen and oxygen atoms in total. The minimum atomic E-state index is -4.37. The molecule has 2 aromatic rings. The van der Waals surface area contributed by atoms with Gasteiger partial charge in [0.15, 0.2) is 12.6 Å². The van der Waals surface area contributed by atoms with Crippen molar-refractivity contribution in [1.82, 2.24) is 15.6 Å². The van der Waals surface area contributed by atoms with Crippen LogP contribution in [0.1, 0.15) is 44.9 Å². The van der Waals surface area contributed by atoms with E-state index in [9.17, 15) is 13.2 Å². The number of aliphatic imine (C=N–C) groups is 1. The Bertz CT molecular complexity index is 811. The maximum absolute atomic E-state index is 12.3. The molecule has 0 aliphatic heterocycles. The smallest absolute Gasteiger partial charge is 0.422 e. The lowest BCUT2D eigenvalue weighted by Crippen LogP contribution is -2.36. The van der Waals surface area contributed by atoms with Crippen LogP contribution in [0.4, 0.5) is 13.2 Å². The molecule has 0 amide bonds. The van der Waals surface area contributed by atoms with E-state index in [1.807, 2.05) is 27.7 Å². The van der Waals surface area contributed by atoms with Gasteiger partial charge in [-0.25, -0.2) is 9.98 Å². The monoisotopic (exact) mass is 412 g/mol. The Morgan fingerprint density at radius 3 is 2.59 bits per heavy atom. The fraction of sp³-hybridized carbons (Fsp3) is 0.500. The fourth-order valence-corrected chi connectivity index (χ4v) is 2.31. The molecule has 0 unspecified atom stereocenters. The number of alkyl halides is 3. The van der Waals surface area contributed by atoms with Crippen molar-refractivity contribution in [3.8, 4) is 5.75 Å². The van der Waals surface area contributed by atoms with E-state index in [1.165, 1.54) is 6.07 Å². The van der Waals surface area contributed by atoms with Crippen LogP contribution < -0.4 is 15.4 Å². The third-order valence-corrected chi connectivity index (χ3v) is 3.76. The summed E-state index contributed by atoms with van der Waals surface area (Å²) < 4.78 is 47.4. The molecule has 0 aliphatic rings. The molecule has 0 saturated carbocycles. The van der Waals surface area contributed by atoms with E-state index in [1.54, 1.807) is 24.4 Å². The molecule has 1 aromatic heterocycles. The Hall–Kier alpha value is -2.71. The molecule has 0 saturated heterocycles. The molecule has 0 bridgehead atoms. The summed E-state index contributed by atoms with van der Waals surface area (Å²) in [5, 5.41) is 6.24. The molecule has 0 aliphatic carbocycles. The molecule has 0 radical (unpaired) electrons. The van der Waals surface area contributed by atoms with Crippen LogP contribution in [-0.2, 0) is 18.5 Å². The second-order valence-corrected chi connectivity index (χ2v) is 7.47. The van der Waals surface area contributed by atoms with Crippen molar-refractivity contribution in [2.75, 3.05) is 13.2 Å². The van der Waals surface area contributed by atoms with Crippen molar-refractivity contribution in [2.45, 2.75) is 52.4 Å². The maximum Gasteiger partial charge on any atom is 0.422 e. The van der Waals surface area contributed by atoms with Gasteiger partial charge < -0.3 is 19.8 Å². The zero-order chi connectivity index (χ0) is 21.5. The van der Waals surface area contributed by atoms with E-state index in [2.05, 4.69) is 20.6 Å². The number of guanidine groups is 1. The Morgan fingerprint density at radius 1 is 1.21 bits per heavy atom. The first-order chi connectivity index (χ1) is 13.6. The molecule has 0 atom stereocenters. The van der Waals surface area contributed by atoms with Crippen LogP contribution in [0.3, 0.4) is 0 Å². The Morgan fingerprint density at radius 2 is 1.97 bits per heavy atom. The number of rotatable bonds is 7. The first-order valence-electron chi connectivity index (χ1n) is 9.32. The van der Waals surface area contributed by atoms with Crippen molar-refractivity contribution in [1.29, 1.82) is 0 Å². The lowest BCUT2D eigenvalue weighted by Gasteiger charge is -2.13. The zero-order valence-electron chi connectivity index (χ0n) is 17.1. The van der Waals surface area contributed by atoms with Crippen LogP contribution in [0.2, 0.25) is 0 Å². The molecule has 0 spiro atoms. The van der Waals surface area contributed by atoms with Gasteiger partial charge in [0.25, 0.3) is 0 Å². The average molecular weight is 412 g/mol. The van der Waals surface area contributed by atoms with E-state index >= 15 is 0 Å². The van der Waals surface area contributed by atoms with Gasteiger partial charge in [-0.05, 0) is 24.6 Å². The molecule has 9 heteroatoms. The summed E-state index contributed by atoms with van der Waals surface area (Å²) in [6, 6.07) is 6.44. The fourth-order valence-electron chi connectivity index (χ4n) is 2.31.